The maximum atomic E-state index is 3.32. The molecule has 1 aromatic heterocycles. The van der Waals surface area contributed by atoms with Crippen molar-refractivity contribution in [1.29, 1.82) is 0 Å². The van der Waals surface area contributed by atoms with Gasteiger partial charge in [0.2, 0.25) is 5.52 Å². The van der Waals surface area contributed by atoms with Gasteiger partial charge in [-0.3, -0.25) is 0 Å². The van der Waals surface area contributed by atoms with Gasteiger partial charge in [0, 0.05) is 49.9 Å². The van der Waals surface area contributed by atoms with Gasteiger partial charge in [-0.25, -0.2) is 4.98 Å². The smallest absolute Gasteiger partial charge is 0.207 e. The Bertz CT molecular complexity index is 398. The Kier molecular flexibility index (Phi) is 5.98. The van der Waals surface area contributed by atoms with Crippen molar-refractivity contribution in [2.24, 2.45) is 0 Å². The summed E-state index contributed by atoms with van der Waals surface area (Å²) >= 11 is 0. The third-order valence-electron chi connectivity index (χ3n) is 1.99. The zero-order valence-corrected chi connectivity index (χ0v) is 11.5. The first-order chi connectivity index (χ1) is 5.90. The number of aromatic amines is 1. The van der Waals surface area contributed by atoms with E-state index in [1.54, 1.807) is 0 Å². The van der Waals surface area contributed by atoms with Gasteiger partial charge in [0.25, 0.3) is 0 Å². The van der Waals surface area contributed by atoms with E-state index in [1.165, 1.54) is 10.9 Å². The number of hydrogen-bond donors (Lipinski definition) is 0. The molecular formula is C12H14NY-. The van der Waals surface area contributed by atoms with Gasteiger partial charge >= 0.3 is 0 Å². The number of pyridine rings is 1. The molecule has 0 fully saturated rings. The van der Waals surface area contributed by atoms with E-state index in [-0.39, 0.29) is 40.1 Å². The Morgan fingerprint density at radius 1 is 1.07 bits per heavy atom. The zero-order valence-electron chi connectivity index (χ0n) is 8.62. The summed E-state index contributed by atoms with van der Waals surface area (Å²) in [6.07, 6.45) is 2.06. The molecule has 2 rings (SSSR count). The quantitative estimate of drug-likeness (QED) is 0.701. The van der Waals surface area contributed by atoms with E-state index in [0.29, 0.717) is 0 Å². The monoisotopic (exact) mass is 261 g/mol. The molecule has 1 radical (unpaired) electrons. The van der Waals surface area contributed by atoms with Crippen LogP contribution in [0.3, 0.4) is 0 Å². The van der Waals surface area contributed by atoms with Crippen molar-refractivity contribution < 1.29 is 37.7 Å². The maximum absolute atomic E-state index is 3.32. The van der Waals surface area contributed by atoms with Crippen molar-refractivity contribution in [3.63, 3.8) is 0 Å². The summed E-state index contributed by atoms with van der Waals surface area (Å²) in [6.45, 7) is 2.03. The molecule has 1 heterocycles. The number of H-pyrrole nitrogens is 1. The molecule has 2 heteroatoms. The molecule has 2 aromatic rings. The molecule has 0 spiro atoms. The van der Waals surface area contributed by atoms with Crippen molar-refractivity contribution in [3.05, 3.63) is 55.9 Å². The number of hydrogen-bond acceptors (Lipinski definition) is 0. The fourth-order valence-electron chi connectivity index (χ4n) is 1.30. The number of para-hydroxylation sites is 1. The molecule has 71 valence electrons. The predicted octanol–water partition coefficient (Wildman–Crippen LogP) is 2.67. The first kappa shape index (κ1) is 13.6. The third-order valence-corrected chi connectivity index (χ3v) is 1.99. The normalized spacial score (nSPS) is 8.64. The number of fused-ring (bicyclic) bond motifs is 1. The standard InChI is InChI=1S/C11H10N.CH3.Y/c1-2-10-8-7-9-5-3-4-6-11(9)12-10;;/h2-8H,1H3;1H3;/q2*-1;/p+1. The summed E-state index contributed by atoms with van der Waals surface area (Å²) < 4.78 is 0. The first-order valence-electron chi connectivity index (χ1n) is 4.10. The van der Waals surface area contributed by atoms with E-state index >= 15 is 0 Å². The van der Waals surface area contributed by atoms with E-state index in [9.17, 15) is 0 Å². The van der Waals surface area contributed by atoms with Gasteiger partial charge in [-0.15, -0.1) is 19.1 Å². The molecule has 0 aliphatic heterocycles. The minimum atomic E-state index is 0. The Balaban J connectivity index is 0.000000845. The number of nitrogens with one attached hydrogen (secondary N) is 1. The van der Waals surface area contributed by atoms with Gasteiger partial charge < -0.3 is 7.43 Å². The Morgan fingerprint density at radius 2 is 1.79 bits per heavy atom. The molecule has 0 amide bonds. The third kappa shape index (κ3) is 2.80. The SMILES string of the molecule is C[CH-]c1ccc2ccccc2[nH+]1.[CH3-].[Y]. The average molecular weight is 261 g/mol. The van der Waals surface area contributed by atoms with E-state index in [1.807, 2.05) is 19.1 Å². The molecule has 0 bridgehead atoms. The number of benzene rings is 1. The van der Waals surface area contributed by atoms with Crippen LogP contribution in [0.25, 0.3) is 10.9 Å². The first-order valence-corrected chi connectivity index (χ1v) is 4.10. The van der Waals surface area contributed by atoms with Crippen LogP contribution >= 0.6 is 0 Å². The Labute approximate surface area is 111 Å². The molecule has 0 atom stereocenters. The van der Waals surface area contributed by atoms with Gasteiger partial charge in [0.15, 0.2) is 0 Å². The number of rotatable bonds is 1. The molecule has 1 N–H and O–H groups in total. The van der Waals surface area contributed by atoms with Gasteiger partial charge in [-0.2, -0.15) is 6.42 Å². The molecule has 0 saturated heterocycles. The van der Waals surface area contributed by atoms with Crippen LogP contribution in [-0.4, -0.2) is 0 Å². The van der Waals surface area contributed by atoms with E-state index in [2.05, 4.69) is 35.7 Å². The minimum Gasteiger partial charge on any atom is -0.358 e. The average Bonchev–Trinajstić information content (AvgIpc) is 2.17. The van der Waals surface area contributed by atoms with Gasteiger partial charge in [-0.1, -0.05) is 12.1 Å². The van der Waals surface area contributed by atoms with E-state index in [0.717, 1.165) is 5.69 Å². The van der Waals surface area contributed by atoms with Crippen LogP contribution in [0.15, 0.2) is 36.4 Å². The Hall–Kier alpha value is -0.396. The summed E-state index contributed by atoms with van der Waals surface area (Å²) in [6, 6.07) is 12.5. The molecule has 1 nitrogen and oxygen atoms in total. The molecule has 0 unspecified atom stereocenters. The predicted molar refractivity (Wildman–Crippen MR) is 56.0 cm³/mol. The van der Waals surface area contributed by atoms with E-state index in [4.69, 9.17) is 0 Å². The topological polar surface area (TPSA) is 14.1 Å². The second kappa shape index (κ2) is 6.16. The fourth-order valence-corrected chi connectivity index (χ4v) is 1.30. The van der Waals surface area contributed by atoms with Crippen molar-refractivity contribution in [1.82, 2.24) is 0 Å². The molecule has 0 aliphatic rings. The number of aromatic nitrogens is 1. The minimum absolute atomic E-state index is 0. The summed E-state index contributed by atoms with van der Waals surface area (Å²) in [5.41, 5.74) is 2.35. The van der Waals surface area contributed by atoms with Crippen molar-refractivity contribution in [2.45, 2.75) is 6.92 Å². The van der Waals surface area contributed by atoms with Crippen LogP contribution in [0.2, 0.25) is 0 Å². The van der Waals surface area contributed by atoms with Gasteiger partial charge in [0.1, 0.15) is 0 Å². The van der Waals surface area contributed by atoms with Crippen LogP contribution < -0.4 is 4.98 Å². The van der Waals surface area contributed by atoms with Crippen molar-refractivity contribution in [3.8, 4) is 0 Å². The molecule has 1 aromatic carbocycles. The second-order valence-corrected chi connectivity index (χ2v) is 2.79. The van der Waals surface area contributed by atoms with Crippen LogP contribution in [-0.2, 0) is 32.7 Å². The van der Waals surface area contributed by atoms with Crippen LogP contribution in [0, 0.1) is 13.8 Å². The summed E-state index contributed by atoms with van der Waals surface area (Å²) in [5.74, 6) is 0. The molecular weight excluding hydrogens is 247 g/mol. The van der Waals surface area contributed by atoms with Crippen molar-refractivity contribution in [2.75, 3.05) is 0 Å². The molecule has 14 heavy (non-hydrogen) atoms. The summed E-state index contributed by atoms with van der Waals surface area (Å²) in [4.78, 5) is 3.32. The van der Waals surface area contributed by atoms with Gasteiger partial charge in [0.05, 0.1) is 0 Å². The van der Waals surface area contributed by atoms with Crippen LogP contribution in [0.1, 0.15) is 12.6 Å². The van der Waals surface area contributed by atoms with Crippen LogP contribution in [0.4, 0.5) is 0 Å². The summed E-state index contributed by atoms with van der Waals surface area (Å²) in [7, 11) is 0. The molecule has 0 aliphatic carbocycles. The zero-order chi connectivity index (χ0) is 8.39. The second-order valence-electron chi connectivity index (χ2n) is 2.79. The molecule has 0 saturated carbocycles. The summed E-state index contributed by atoms with van der Waals surface area (Å²) in [5, 5.41) is 1.25. The van der Waals surface area contributed by atoms with Gasteiger partial charge in [-0.05, 0) is 6.07 Å². The fraction of sp³-hybridized carbons (Fsp3) is 0.0833. The Morgan fingerprint density at radius 3 is 2.50 bits per heavy atom. The van der Waals surface area contributed by atoms with E-state index < -0.39 is 0 Å². The maximum Gasteiger partial charge on any atom is 0.207 e. The van der Waals surface area contributed by atoms with Crippen molar-refractivity contribution >= 4 is 10.9 Å². The van der Waals surface area contributed by atoms with Crippen LogP contribution in [0.5, 0.6) is 0 Å². The largest absolute Gasteiger partial charge is 0.358 e.